The zero-order valence-corrected chi connectivity index (χ0v) is 10.7. The first-order valence-corrected chi connectivity index (χ1v) is 6.07. The van der Waals surface area contributed by atoms with Crippen molar-refractivity contribution >= 4 is 39.1 Å². The molecule has 1 fully saturated rings. The molecule has 2 nitrogen and oxygen atoms in total. The van der Waals surface area contributed by atoms with Gasteiger partial charge in [-0.3, -0.25) is 0 Å². The van der Waals surface area contributed by atoms with Gasteiger partial charge in [0.05, 0.1) is 15.5 Å². The first-order chi connectivity index (χ1) is 6.59. The summed E-state index contributed by atoms with van der Waals surface area (Å²) in [6.07, 6.45) is 2.37. The van der Waals surface area contributed by atoms with E-state index in [0.717, 1.165) is 10.2 Å². The Balaban J connectivity index is 2.46. The molecule has 0 radical (unpaired) electrons. The normalized spacial score (nSPS) is 18.3. The van der Waals surface area contributed by atoms with Gasteiger partial charge in [0, 0.05) is 5.92 Å². The minimum atomic E-state index is -0.196. The SMILES string of the molecule is CC(Cl)c1nc(Cl)c(Br)c(C2CC2)n1. The lowest BCUT2D eigenvalue weighted by atomic mass is 10.3. The van der Waals surface area contributed by atoms with Crippen LogP contribution in [0, 0.1) is 0 Å². The zero-order valence-electron chi connectivity index (χ0n) is 7.60. The lowest BCUT2D eigenvalue weighted by molar-refractivity contribution is 0.855. The van der Waals surface area contributed by atoms with E-state index in [0.29, 0.717) is 16.9 Å². The summed E-state index contributed by atoms with van der Waals surface area (Å²) < 4.78 is 0.822. The van der Waals surface area contributed by atoms with Crippen LogP contribution in [0.25, 0.3) is 0 Å². The molecule has 14 heavy (non-hydrogen) atoms. The molecule has 0 aliphatic heterocycles. The van der Waals surface area contributed by atoms with Crippen LogP contribution in [0.3, 0.4) is 0 Å². The lowest BCUT2D eigenvalue weighted by Gasteiger charge is -2.08. The largest absolute Gasteiger partial charge is 0.235 e. The monoisotopic (exact) mass is 294 g/mol. The fraction of sp³-hybridized carbons (Fsp3) is 0.556. The van der Waals surface area contributed by atoms with Crippen LogP contribution in [0.4, 0.5) is 0 Å². The fourth-order valence-electron chi connectivity index (χ4n) is 1.26. The van der Waals surface area contributed by atoms with E-state index < -0.39 is 0 Å². The van der Waals surface area contributed by atoms with Gasteiger partial charge in [0.25, 0.3) is 0 Å². The molecule has 1 aliphatic rings. The molecular weight excluding hydrogens is 287 g/mol. The molecule has 1 atom stereocenters. The second kappa shape index (κ2) is 3.95. The summed E-state index contributed by atoms with van der Waals surface area (Å²) in [5.41, 5.74) is 1.01. The van der Waals surface area contributed by atoms with Gasteiger partial charge in [-0.05, 0) is 35.7 Å². The molecule has 0 aromatic carbocycles. The van der Waals surface area contributed by atoms with Crippen molar-refractivity contribution in [2.75, 3.05) is 0 Å². The van der Waals surface area contributed by atoms with Crippen molar-refractivity contribution in [1.82, 2.24) is 9.97 Å². The molecule has 1 aromatic heterocycles. The van der Waals surface area contributed by atoms with Crippen LogP contribution in [0.1, 0.15) is 42.6 Å². The second-order valence-corrected chi connectivity index (χ2v) is 5.27. The molecule has 1 saturated carbocycles. The number of hydrogen-bond acceptors (Lipinski definition) is 2. The van der Waals surface area contributed by atoms with Crippen molar-refractivity contribution in [3.63, 3.8) is 0 Å². The van der Waals surface area contributed by atoms with Crippen LogP contribution in [-0.4, -0.2) is 9.97 Å². The summed E-state index contributed by atoms with van der Waals surface area (Å²) in [7, 11) is 0. The highest BCUT2D eigenvalue weighted by atomic mass is 79.9. The van der Waals surface area contributed by atoms with Crippen LogP contribution in [0.15, 0.2) is 4.47 Å². The summed E-state index contributed by atoms with van der Waals surface area (Å²) in [5.74, 6) is 1.15. The Bertz CT molecular complexity index is 364. The van der Waals surface area contributed by atoms with Gasteiger partial charge < -0.3 is 0 Å². The van der Waals surface area contributed by atoms with Gasteiger partial charge >= 0.3 is 0 Å². The topological polar surface area (TPSA) is 25.8 Å². The van der Waals surface area contributed by atoms with Gasteiger partial charge in [0.2, 0.25) is 0 Å². The van der Waals surface area contributed by atoms with Crippen molar-refractivity contribution < 1.29 is 0 Å². The quantitative estimate of drug-likeness (QED) is 0.607. The van der Waals surface area contributed by atoms with Gasteiger partial charge in [-0.25, -0.2) is 9.97 Å². The number of halogens is 3. The Labute approximate surface area is 101 Å². The van der Waals surface area contributed by atoms with E-state index in [1.54, 1.807) is 0 Å². The standard InChI is InChI=1S/C9H9BrCl2N2/c1-4(11)9-13-7(5-2-3-5)6(10)8(12)14-9/h4-5H,2-3H2,1H3. The smallest absolute Gasteiger partial charge is 0.147 e. The van der Waals surface area contributed by atoms with E-state index in [2.05, 4.69) is 25.9 Å². The molecule has 1 heterocycles. The van der Waals surface area contributed by atoms with Crippen LogP contribution < -0.4 is 0 Å². The number of hydrogen-bond donors (Lipinski definition) is 0. The van der Waals surface area contributed by atoms with E-state index >= 15 is 0 Å². The number of aromatic nitrogens is 2. The predicted molar refractivity (Wildman–Crippen MR) is 61.0 cm³/mol. The van der Waals surface area contributed by atoms with E-state index in [4.69, 9.17) is 23.2 Å². The van der Waals surface area contributed by atoms with E-state index in [1.807, 2.05) is 6.92 Å². The predicted octanol–water partition coefficient (Wildman–Crippen LogP) is 4.07. The molecule has 1 aromatic rings. The summed E-state index contributed by atoms with van der Waals surface area (Å²) in [5, 5.41) is 0.266. The minimum absolute atomic E-state index is 0.196. The van der Waals surface area contributed by atoms with Crippen molar-refractivity contribution in [3.05, 3.63) is 21.1 Å². The molecule has 76 valence electrons. The van der Waals surface area contributed by atoms with Crippen LogP contribution in [0.5, 0.6) is 0 Å². The Morgan fingerprint density at radius 3 is 2.57 bits per heavy atom. The Morgan fingerprint density at radius 1 is 1.43 bits per heavy atom. The first kappa shape index (κ1) is 10.7. The molecule has 0 spiro atoms. The third-order valence-electron chi connectivity index (χ3n) is 2.17. The number of rotatable bonds is 2. The van der Waals surface area contributed by atoms with Crippen molar-refractivity contribution in [1.29, 1.82) is 0 Å². The molecule has 0 saturated heterocycles. The molecule has 1 unspecified atom stereocenters. The summed E-state index contributed by atoms with van der Waals surface area (Å²) in [6, 6.07) is 0. The molecule has 0 amide bonds. The van der Waals surface area contributed by atoms with Gasteiger partial charge in [0.1, 0.15) is 11.0 Å². The third-order valence-corrected chi connectivity index (χ3v) is 3.65. The van der Waals surface area contributed by atoms with Crippen LogP contribution in [0.2, 0.25) is 5.15 Å². The molecule has 2 rings (SSSR count). The summed E-state index contributed by atoms with van der Waals surface area (Å²) in [6.45, 7) is 1.85. The van der Waals surface area contributed by atoms with Gasteiger partial charge in [-0.15, -0.1) is 11.6 Å². The highest BCUT2D eigenvalue weighted by Gasteiger charge is 2.29. The van der Waals surface area contributed by atoms with Crippen LogP contribution >= 0.6 is 39.1 Å². The van der Waals surface area contributed by atoms with E-state index in [-0.39, 0.29) is 5.38 Å². The maximum absolute atomic E-state index is 5.98. The molecule has 1 aliphatic carbocycles. The van der Waals surface area contributed by atoms with Gasteiger partial charge in [-0.1, -0.05) is 11.6 Å². The van der Waals surface area contributed by atoms with E-state index in [9.17, 15) is 0 Å². The van der Waals surface area contributed by atoms with Crippen molar-refractivity contribution in [2.45, 2.75) is 31.1 Å². The van der Waals surface area contributed by atoms with Gasteiger partial charge in [-0.2, -0.15) is 0 Å². The maximum Gasteiger partial charge on any atom is 0.147 e. The van der Waals surface area contributed by atoms with Crippen molar-refractivity contribution in [3.8, 4) is 0 Å². The number of alkyl halides is 1. The van der Waals surface area contributed by atoms with E-state index in [1.165, 1.54) is 12.8 Å². The highest BCUT2D eigenvalue weighted by molar-refractivity contribution is 9.10. The molecule has 0 N–H and O–H groups in total. The average molecular weight is 296 g/mol. The minimum Gasteiger partial charge on any atom is -0.235 e. The Hall–Kier alpha value is 0.140. The highest BCUT2D eigenvalue weighted by Crippen LogP contribution is 2.44. The Morgan fingerprint density at radius 2 is 2.07 bits per heavy atom. The third kappa shape index (κ3) is 2.05. The summed E-state index contributed by atoms with van der Waals surface area (Å²) in [4.78, 5) is 8.54. The molecule has 0 bridgehead atoms. The summed E-state index contributed by atoms with van der Waals surface area (Å²) >= 11 is 15.3. The van der Waals surface area contributed by atoms with Gasteiger partial charge in [0.15, 0.2) is 0 Å². The fourth-order valence-corrected chi connectivity index (χ4v) is 2.04. The first-order valence-electron chi connectivity index (χ1n) is 4.46. The maximum atomic E-state index is 5.98. The zero-order chi connectivity index (χ0) is 10.3. The number of nitrogens with zero attached hydrogens (tertiary/aromatic N) is 2. The second-order valence-electron chi connectivity index (χ2n) is 3.46. The molecule has 5 heteroatoms. The molecular formula is C9H9BrCl2N2. The Kier molecular flexibility index (Phi) is 3.01. The van der Waals surface area contributed by atoms with Crippen LogP contribution in [-0.2, 0) is 0 Å². The lowest BCUT2D eigenvalue weighted by Crippen LogP contribution is -2.01. The average Bonchev–Trinajstić information content (AvgIpc) is 2.92. The van der Waals surface area contributed by atoms with Crippen molar-refractivity contribution in [2.24, 2.45) is 0 Å².